The Kier molecular flexibility index (Phi) is 66.2. The summed E-state index contributed by atoms with van der Waals surface area (Å²) in [5.74, 6) is -3.38. The molecular weight excluding hydrogens is 967 g/mol. The maximum absolute atomic E-state index is 12.2. The quantitative estimate of drug-likeness (QED) is 0.0345. The van der Waals surface area contributed by atoms with Gasteiger partial charge in [-0.05, 0) is 56.8 Å². The van der Waals surface area contributed by atoms with Gasteiger partial charge in [0.2, 0.25) is 0 Å². The van der Waals surface area contributed by atoms with Crippen LogP contribution in [0.1, 0.15) is 300 Å². The summed E-state index contributed by atoms with van der Waals surface area (Å²) >= 11 is 0. The number of ketones is 1. The number of hydrogen-bond donors (Lipinski definition) is 1. The van der Waals surface area contributed by atoms with E-state index < -0.39 is 23.8 Å². The molecule has 1 N–H and O–H groups in total. The largest absolute Gasteiger partial charge is 0.481 e. The third kappa shape index (κ3) is 61.1. The number of ether oxygens (including phenoxy) is 5. The van der Waals surface area contributed by atoms with Crippen LogP contribution in [0.4, 0.5) is 4.79 Å². The van der Waals surface area contributed by atoms with Crippen LogP contribution in [0, 0.1) is 11.8 Å². The van der Waals surface area contributed by atoms with Crippen molar-refractivity contribution in [3.05, 3.63) is 0 Å². The van der Waals surface area contributed by atoms with Crippen LogP contribution in [-0.4, -0.2) is 98.4 Å². The highest BCUT2D eigenvalue weighted by Crippen LogP contribution is 2.20. The van der Waals surface area contributed by atoms with Crippen molar-refractivity contribution in [3.8, 4) is 0 Å². The number of methoxy groups -OCH3 is 1. The van der Waals surface area contributed by atoms with E-state index in [-0.39, 0.29) is 68.3 Å². The third-order valence-corrected chi connectivity index (χ3v) is 12.7. The minimum Gasteiger partial charge on any atom is -0.481 e. The molecule has 0 bridgehead atoms. The lowest BCUT2D eigenvalue weighted by atomic mass is 9.93. The molecular formula is C62H119NO13. The number of esters is 4. The fraction of sp³-hybridized carbons (Fsp3) is 0.887. The summed E-state index contributed by atoms with van der Waals surface area (Å²) in [5.41, 5.74) is 0. The number of carboxylic acids is 1. The van der Waals surface area contributed by atoms with Gasteiger partial charge >= 0.3 is 35.9 Å². The van der Waals surface area contributed by atoms with E-state index in [1.165, 1.54) is 103 Å². The average molecular weight is 1090 g/mol. The second-order valence-corrected chi connectivity index (χ2v) is 20.1. The van der Waals surface area contributed by atoms with E-state index in [1.54, 1.807) is 4.90 Å². The number of Topliss-reactive ketones (excluding diaryl/α,β-unsaturated/α-hetero) is 1. The Labute approximate surface area is 465 Å². The second kappa shape index (κ2) is 63.8. The molecule has 450 valence electrons. The predicted molar refractivity (Wildman–Crippen MR) is 309 cm³/mol. The number of unbranched alkanes of at least 4 members (excludes halogenated alkanes) is 22. The molecule has 1 rings (SSSR count). The van der Waals surface area contributed by atoms with Crippen molar-refractivity contribution in [2.45, 2.75) is 300 Å². The molecule has 0 aromatic heterocycles. The molecule has 0 aromatic rings. The fourth-order valence-electron chi connectivity index (χ4n) is 7.97. The van der Waals surface area contributed by atoms with Crippen molar-refractivity contribution in [3.63, 3.8) is 0 Å². The number of carbonyl (C=O) groups is 7. The van der Waals surface area contributed by atoms with Gasteiger partial charge in [0, 0.05) is 58.0 Å². The molecule has 14 heteroatoms. The molecule has 0 aromatic carbocycles. The van der Waals surface area contributed by atoms with Crippen LogP contribution in [0.15, 0.2) is 0 Å². The predicted octanol–water partition coefficient (Wildman–Crippen LogP) is 16.7. The Balaban J connectivity index is -0.000000522. The van der Waals surface area contributed by atoms with Gasteiger partial charge in [-0.2, -0.15) is 0 Å². The molecule has 1 saturated heterocycles. The Morgan fingerprint density at radius 1 is 0.382 bits per heavy atom. The first-order chi connectivity index (χ1) is 36.8. The summed E-state index contributed by atoms with van der Waals surface area (Å²) in [4.78, 5) is 84.0. The molecule has 14 nitrogen and oxygen atoms in total. The van der Waals surface area contributed by atoms with Gasteiger partial charge in [0.25, 0.3) is 0 Å². The molecule has 0 saturated carbocycles. The lowest BCUT2D eigenvalue weighted by Crippen LogP contribution is -2.28. The summed E-state index contributed by atoms with van der Waals surface area (Å²) in [6.45, 7) is 22.5. The van der Waals surface area contributed by atoms with E-state index in [0.29, 0.717) is 32.8 Å². The Morgan fingerprint density at radius 2 is 0.711 bits per heavy atom. The van der Waals surface area contributed by atoms with Gasteiger partial charge in [0.15, 0.2) is 0 Å². The molecule has 1 heterocycles. The van der Waals surface area contributed by atoms with Crippen molar-refractivity contribution in [1.82, 2.24) is 4.90 Å². The molecule has 76 heavy (non-hydrogen) atoms. The van der Waals surface area contributed by atoms with Crippen LogP contribution in [0.3, 0.4) is 0 Å². The Hall–Kier alpha value is -3.71. The Morgan fingerprint density at radius 3 is 1.04 bits per heavy atom. The topological polar surface area (TPSA) is 189 Å². The number of likely N-dealkylation sites (tertiary alicyclic amines) is 1. The SMILES string of the molecule is CC.CCCC.CCCCCCCCCC(=O)CC(CC(=O)O)CC(=O)OCCCCCCCC.CCCCCCCCOC(=O)CC(CC(=O)OC)CC(=O)OCCCCCCCC.CCCOC(=O)N1CCCC1. The number of rotatable bonds is 44. The van der Waals surface area contributed by atoms with Crippen LogP contribution < -0.4 is 0 Å². The number of carboxylic acid groups (broad SMARTS) is 1. The van der Waals surface area contributed by atoms with Gasteiger partial charge in [0.05, 0.1) is 33.5 Å². The maximum atomic E-state index is 12.2. The molecule has 1 aliphatic rings. The highest BCUT2D eigenvalue weighted by molar-refractivity contribution is 5.81. The van der Waals surface area contributed by atoms with Crippen LogP contribution in [0.25, 0.3) is 0 Å². The number of hydrogen-bond acceptors (Lipinski definition) is 12. The number of aliphatic carboxylic acids is 1. The van der Waals surface area contributed by atoms with Gasteiger partial charge in [-0.25, -0.2) is 4.79 Å². The summed E-state index contributed by atoms with van der Waals surface area (Å²) in [7, 11) is 1.30. The second-order valence-electron chi connectivity index (χ2n) is 20.1. The third-order valence-electron chi connectivity index (χ3n) is 12.7. The summed E-state index contributed by atoms with van der Waals surface area (Å²) < 4.78 is 25.5. The van der Waals surface area contributed by atoms with E-state index in [0.717, 1.165) is 109 Å². The summed E-state index contributed by atoms with van der Waals surface area (Å²) in [6.07, 6.45) is 34.3. The molecule has 1 aliphatic heterocycles. The van der Waals surface area contributed by atoms with Gasteiger partial charge in [-0.1, -0.05) is 210 Å². The van der Waals surface area contributed by atoms with Gasteiger partial charge in [-0.15, -0.1) is 0 Å². The summed E-state index contributed by atoms with van der Waals surface area (Å²) in [6, 6.07) is 0. The lowest BCUT2D eigenvalue weighted by Gasteiger charge is -2.15. The van der Waals surface area contributed by atoms with Crippen LogP contribution in [-0.2, 0) is 52.5 Å². The van der Waals surface area contributed by atoms with Gasteiger partial charge < -0.3 is 33.7 Å². The first-order valence-corrected chi connectivity index (χ1v) is 31.0. The zero-order valence-corrected chi connectivity index (χ0v) is 50.9. The molecule has 0 radical (unpaired) electrons. The standard InChI is InChI=1S/C24H44O6.C24H44O5.C8H15NO2.C4H10.C2H6/c1-4-6-8-10-12-14-16-29-23(26)19-21(18-22(25)28-3)20-24(27)30-17-15-13-11-9-7-5-2;1-3-5-7-9-11-12-14-16-22(25)18-21(19-23(26)27)20-24(28)29-17-15-13-10-8-6-4-2;1-2-7-11-8(10)9-5-3-4-6-9;1-3-4-2;1-2/h21H,4-20H2,1-3H3;21H,3-20H2,1-2H3,(H,26,27);2-7H2,1H3;3-4H2,1-2H3;1-2H3. The van der Waals surface area contributed by atoms with E-state index >= 15 is 0 Å². The smallest absolute Gasteiger partial charge is 0.409 e. The van der Waals surface area contributed by atoms with Gasteiger partial charge in [0.1, 0.15) is 5.78 Å². The molecule has 1 atom stereocenters. The van der Waals surface area contributed by atoms with Crippen molar-refractivity contribution < 1.29 is 62.4 Å². The monoisotopic (exact) mass is 1090 g/mol. The first kappa shape index (κ1) is 78.8. The number of amides is 1. The van der Waals surface area contributed by atoms with Crippen molar-refractivity contribution in [1.29, 1.82) is 0 Å². The minimum absolute atomic E-state index is 0.00867. The van der Waals surface area contributed by atoms with E-state index in [1.807, 2.05) is 20.8 Å². The fourth-order valence-corrected chi connectivity index (χ4v) is 7.97. The van der Waals surface area contributed by atoms with Crippen molar-refractivity contribution in [2.75, 3.05) is 46.6 Å². The number of carbonyl (C=O) groups excluding carboxylic acids is 6. The highest BCUT2D eigenvalue weighted by atomic mass is 16.6. The van der Waals surface area contributed by atoms with E-state index in [4.69, 9.17) is 28.8 Å². The molecule has 1 unspecified atom stereocenters. The normalized spacial score (nSPS) is 11.8. The van der Waals surface area contributed by atoms with Crippen LogP contribution in [0.5, 0.6) is 0 Å². The van der Waals surface area contributed by atoms with Gasteiger partial charge in [-0.3, -0.25) is 28.8 Å². The molecule has 1 amide bonds. The van der Waals surface area contributed by atoms with E-state index in [9.17, 15) is 33.6 Å². The zero-order chi connectivity index (χ0) is 57.7. The first-order valence-electron chi connectivity index (χ1n) is 31.0. The zero-order valence-electron chi connectivity index (χ0n) is 50.9. The van der Waals surface area contributed by atoms with Crippen molar-refractivity contribution in [2.24, 2.45) is 11.8 Å². The van der Waals surface area contributed by atoms with Crippen LogP contribution in [0.2, 0.25) is 0 Å². The van der Waals surface area contributed by atoms with Crippen LogP contribution >= 0.6 is 0 Å². The summed E-state index contributed by atoms with van der Waals surface area (Å²) in [5, 5.41) is 9.08. The maximum Gasteiger partial charge on any atom is 0.409 e. The molecule has 1 fully saturated rings. The lowest BCUT2D eigenvalue weighted by molar-refractivity contribution is -0.150. The van der Waals surface area contributed by atoms with E-state index in [2.05, 4.69) is 41.5 Å². The Bertz CT molecular complexity index is 1270. The molecule has 0 spiro atoms. The average Bonchev–Trinajstić information content (AvgIpc) is 3.96. The number of nitrogens with zero attached hydrogens (tertiary/aromatic N) is 1. The molecule has 0 aliphatic carbocycles. The minimum atomic E-state index is -0.970. The highest BCUT2D eigenvalue weighted by Gasteiger charge is 2.24. The van der Waals surface area contributed by atoms with Crippen molar-refractivity contribution >= 4 is 41.7 Å².